The van der Waals surface area contributed by atoms with E-state index in [9.17, 15) is 0 Å². The minimum Gasteiger partial charge on any atom is -0.290 e. The van der Waals surface area contributed by atoms with Crippen LogP contribution in [0.1, 0.15) is 18.1 Å². The minimum atomic E-state index is 0.623. The molecule has 4 nitrogen and oxygen atoms in total. The number of nitriles is 1. The van der Waals surface area contributed by atoms with Crippen LogP contribution in [0.15, 0.2) is 23.2 Å². The molecule has 0 aliphatic heterocycles. The van der Waals surface area contributed by atoms with Gasteiger partial charge in [-0.05, 0) is 30.2 Å². The maximum Gasteiger partial charge on any atom is 0.113 e. The molecule has 0 spiro atoms. The quantitative estimate of drug-likeness (QED) is 0.432. The first kappa shape index (κ1) is 10.2. The summed E-state index contributed by atoms with van der Waals surface area (Å²) in [6, 6.07) is 7.32. The Bertz CT molecular complexity index is 379. The maximum atomic E-state index is 8.68. The lowest BCUT2D eigenvalue weighted by Gasteiger charge is -2.02. The van der Waals surface area contributed by atoms with Gasteiger partial charge in [0.05, 0.1) is 17.3 Å². The highest BCUT2D eigenvalue weighted by molar-refractivity contribution is 5.62. The summed E-state index contributed by atoms with van der Waals surface area (Å²) in [7, 11) is 0. The van der Waals surface area contributed by atoms with Crippen LogP contribution < -0.4 is 5.48 Å². The Kier molecular flexibility index (Phi) is 3.65. The molecule has 0 saturated carbocycles. The van der Waals surface area contributed by atoms with Gasteiger partial charge in [-0.15, -0.1) is 0 Å². The molecule has 0 unspecified atom stereocenters. The lowest BCUT2D eigenvalue weighted by Crippen LogP contribution is -2.01. The molecule has 1 aromatic carbocycles. The van der Waals surface area contributed by atoms with E-state index in [-0.39, 0.29) is 0 Å². The SMILES string of the molecule is CCc1cc(C#N)ccc1N=CNO. The second kappa shape index (κ2) is 5.00. The summed E-state index contributed by atoms with van der Waals surface area (Å²) in [5, 5.41) is 17.0. The monoisotopic (exact) mass is 189 g/mol. The Morgan fingerprint density at radius 3 is 3.00 bits per heavy atom. The van der Waals surface area contributed by atoms with E-state index in [1.54, 1.807) is 18.2 Å². The third-order valence-corrected chi connectivity index (χ3v) is 1.85. The molecular formula is C10H11N3O. The number of nitrogens with one attached hydrogen (secondary N) is 1. The van der Waals surface area contributed by atoms with Crippen LogP contribution in [0.3, 0.4) is 0 Å². The van der Waals surface area contributed by atoms with Crippen LogP contribution in [0.4, 0.5) is 5.69 Å². The van der Waals surface area contributed by atoms with Gasteiger partial charge in [0.1, 0.15) is 6.34 Å². The molecule has 0 radical (unpaired) electrons. The van der Waals surface area contributed by atoms with Gasteiger partial charge in [0.25, 0.3) is 0 Å². The summed E-state index contributed by atoms with van der Waals surface area (Å²) in [5.74, 6) is 0. The second-order valence-corrected chi connectivity index (χ2v) is 2.70. The van der Waals surface area contributed by atoms with Crippen molar-refractivity contribution in [2.24, 2.45) is 4.99 Å². The number of benzene rings is 1. The lowest BCUT2D eigenvalue weighted by atomic mass is 10.1. The maximum absolute atomic E-state index is 8.68. The van der Waals surface area contributed by atoms with Gasteiger partial charge in [-0.25, -0.2) is 4.99 Å². The van der Waals surface area contributed by atoms with Crippen LogP contribution >= 0.6 is 0 Å². The van der Waals surface area contributed by atoms with Crippen molar-refractivity contribution in [3.05, 3.63) is 29.3 Å². The average molecular weight is 189 g/mol. The summed E-state index contributed by atoms with van der Waals surface area (Å²) >= 11 is 0. The minimum absolute atomic E-state index is 0.623. The van der Waals surface area contributed by atoms with Gasteiger partial charge in [0, 0.05) is 0 Å². The van der Waals surface area contributed by atoms with Crippen LogP contribution in [0, 0.1) is 11.3 Å². The van der Waals surface area contributed by atoms with E-state index < -0.39 is 0 Å². The molecule has 72 valence electrons. The van der Waals surface area contributed by atoms with E-state index in [1.165, 1.54) is 6.34 Å². The van der Waals surface area contributed by atoms with E-state index >= 15 is 0 Å². The smallest absolute Gasteiger partial charge is 0.113 e. The van der Waals surface area contributed by atoms with Crippen LogP contribution in [-0.2, 0) is 6.42 Å². The third kappa shape index (κ3) is 2.31. The predicted molar refractivity (Wildman–Crippen MR) is 53.6 cm³/mol. The molecule has 0 heterocycles. The number of hydroxylamine groups is 1. The first-order valence-corrected chi connectivity index (χ1v) is 4.27. The zero-order valence-electron chi connectivity index (χ0n) is 7.86. The predicted octanol–water partition coefficient (Wildman–Crippen LogP) is 1.76. The Hall–Kier alpha value is -1.86. The molecular weight excluding hydrogens is 178 g/mol. The number of hydrogen-bond donors (Lipinski definition) is 2. The topological polar surface area (TPSA) is 68.4 Å². The highest BCUT2D eigenvalue weighted by atomic mass is 16.5. The molecule has 4 heteroatoms. The molecule has 1 aromatic rings. The highest BCUT2D eigenvalue weighted by Crippen LogP contribution is 2.20. The summed E-state index contributed by atoms with van der Waals surface area (Å²) in [6.07, 6.45) is 1.99. The average Bonchev–Trinajstić information content (AvgIpc) is 2.26. The molecule has 0 aromatic heterocycles. The van der Waals surface area contributed by atoms with Crippen LogP contribution in [-0.4, -0.2) is 11.5 Å². The fraction of sp³-hybridized carbons (Fsp3) is 0.200. The van der Waals surface area contributed by atoms with Crippen molar-refractivity contribution in [3.8, 4) is 6.07 Å². The van der Waals surface area contributed by atoms with Crippen molar-refractivity contribution >= 4 is 12.0 Å². The van der Waals surface area contributed by atoms with E-state index in [1.807, 2.05) is 12.4 Å². The fourth-order valence-corrected chi connectivity index (χ4v) is 1.16. The van der Waals surface area contributed by atoms with Crippen LogP contribution in [0.5, 0.6) is 0 Å². The molecule has 0 bridgehead atoms. The summed E-state index contributed by atoms with van der Waals surface area (Å²) in [4.78, 5) is 3.98. The molecule has 0 saturated heterocycles. The number of hydrogen-bond acceptors (Lipinski definition) is 3. The molecule has 1 rings (SSSR count). The molecule has 0 fully saturated rings. The van der Waals surface area contributed by atoms with Crippen molar-refractivity contribution in [1.29, 1.82) is 5.26 Å². The zero-order chi connectivity index (χ0) is 10.4. The molecule has 2 N–H and O–H groups in total. The van der Waals surface area contributed by atoms with Gasteiger partial charge >= 0.3 is 0 Å². The first-order valence-electron chi connectivity index (χ1n) is 4.27. The summed E-state index contributed by atoms with van der Waals surface area (Å²) in [6.45, 7) is 1.99. The van der Waals surface area contributed by atoms with E-state index in [0.29, 0.717) is 5.56 Å². The molecule has 0 aliphatic carbocycles. The Balaban J connectivity index is 3.06. The van der Waals surface area contributed by atoms with E-state index in [2.05, 4.69) is 11.1 Å². The van der Waals surface area contributed by atoms with Crippen LogP contribution in [0.25, 0.3) is 0 Å². The van der Waals surface area contributed by atoms with Gasteiger partial charge in [0.15, 0.2) is 0 Å². The van der Waals surface area contributed by atoms with Crippen molar-refractivity contribution in [1.82, 2.24) is 5.48 Å². The number of rotatable bonds is 3. The van der Waals surface area contributed by atoms with Gasteiger partial charge in [-0.3, -0.25) is 10.7 Å². The lowest BCUT2D eigenvalue weighted by molar-refractivity contribution is 0.240. The summed E-state index contributed by atoms with van der Waals surface area (Å²) < 4.78 is 0. The highest BCUT2D eigenvalue weighted by Gasteiger charge is 1.99. The molecule has 0 atom stereocenters. The van der Waals surface area contributed by atoms with Gasteiger partial charge in [0.2, 0.25) is 0 Å². The molecule has 14 heavy (non-hydrogen) atoms. The largest absolute Gasteiger partial charge is 0.290 e. The molecule has 0 aliphatic rings. The van der Waals surface area contributed by atoms with Gasteiger partial charge in [-0.2, -0.15) is 5.26 Å². The zero-order valence-corrected chi connectivity index (χ0v) is 7.86. The van der Waals surface area contributed by atoms with Crippen molar-refractivity contribution < 1.29 is 5.21 Å². The normalized spacial score (nSPS) is 10.1. The first-order chi connectivity index (χ1) is 6.81. The standard InChI is InChI=1S/C10H11N3O/c1-2-9-5-8(6-11)3-4-10(9)12-7-13-14/h3-5,7,14H,2H2,1H3,(H,12,13). The Morgan fingerprint density at radius 2 is 2.43 bits per heavy atom. The van der Waals surface area contributed by atoms with Crippen LogP contribution in [0.2, 0.25) is 0 Å². The van der Waals surface area contributed by atoms with E-state index in [4.69, 9.17) is 10.5 Å². The van der Waals surface area contributed by atoms with Gasteiger partial charge in [-0.1, -0.05) is 6.92 Å². The third-order valence-electron chi connectivity index (χ3n) is 1.85. The molecule has 0 amide bonds. The second-order valence-electron chi connectivity index (χ2n) is 2.70. The summed E-state index contributed by atoms with van der Waals surface area (Å²) in [5.41, 5.74) is 4.20. The number of aryl methyl sites for hydroxylation is 1. The van der Waals surface area contributed by atoms with Crippen molar-refractivity contribution in [3.63, 3.8) is 0 Å². The Labute approximate surface area is 82.5 Å². The van der Waals surface area contributed by atoms with Crippen molar-refractivity contribution in [2.75, 3.05) is 0 Å². The van der Waals surface area contributed by atoms with E-state index in [0.717, 1.165) is 17.7 Å². The Morgan fingerprint density at radius 1 is 1.64 bits per heavy atom. The number of aliphatic imine (C=N–C) groups is 1. The van der Waals surface area contributed by atoms with Gasteiger partial charge < -0.3 is 0 Å². The van der Waals surface area contributed by atoms with Crippen molar-refractivity contribution in [2.45, 2.75) is 13.3 Å². The number of nitrogens with zero attached hydrogens (tertiary/aromatic N) is 2. The fourth-order valence-electron chi connectivity index (χ4n) is 1.16.